The van der Waals surface area contributed by atoms with E-state index < -0.39 is 0 Å². The van der Waals surface area contributed by atoms with E-state index in [1.807, 2.05) is 45.3 Å². The summed E-state index contributed by atoms with van der Waals surface area (Å²) < 4.78 is 1.71. The van der Waals surface area contributed by atoms with Crippen LogP contribution < -0.4 is 0 Å². The summed E-state index contributed by atoms with van der Waals surface area (Å²) in [4.78, 5) is 12.3. The van der Waals surface area contributed by atoms with Gasteiger partial charge in [-0.05, 0) is 18.9 Å². The van der Waals surface area contributed by atoms with Crippen molar-refractivity contribution in [3.63, 3.8) is 0 Å². The molecule has 3 nitrogen and oxygen atoms in total. The van der Waals surface area contributed by atoms with Crippen molar-refractivity contribution in [1.29, 1.82) is 0 Å². The molecule has 0 aliphatic rings. The van der Waals surface area contributed by atoms with Crippen LogP contribution in [0.25, 0.3) is 0 Å². The van der Waals surface area contributed by atoms with Gasteiger partial charge in [-0.15, -0.1) is 0 Å². The summed E-state index contributed by atoms with van der Waals surface area (Å²) in [6.45, 7) is 4.06. The molecule has 1 aromatic heterocycles. The van der Waals surface area contributed by atoms with Crippen molar-refractivity contribution < 1.29 is 4.79 Å². The lowest BCUT2D eigenvalue weighted by Gasteiger charge is -2.02. The summed E-state index contributed by atoms with van der Waals surface area (Å²) in [5.74, 6) is 0.144. The van der Waals surface area contributed by atoms with Crippen LogP contribution >= 0.6 is 0 Å². The summed E-state index contributed by atoms with van der Waals surface area (Å²) in [5, 5.41) is 4.31. The van der Waals surface area contributed by atoms with E-state index >= 15 is 0 Å². The van der Waals surface area contributed by atoms with Crippen molar-refractivity contribution >= 4 is 5.78 Å². The average Bonchev–Trinajstić information content (AvgIpc) is 2.70. The largest absolute Gasteiger partial charge is 0.294 e. The van der Waals surface area contributed by atoms with Crippen LogP contribution in [-0.2, 0) is 19.9 Å². The second-order valence-corrected chi connectivity index (χ2v) is 4.61. The third kappa shape index (κ3) is 2.67. The van der Waals surface area contributed by atoms with Crippen LogP contribution in [0.5, 0.6) is 0 Å². The summed E-state index contributed by atoms with van der Waals surface area (Å²) in [6, 6.07) is 8.07. The zero-order valence-corrected chi connectivity index (χ0v) is 11.1. The molecule has 1 heterocycles. The molecule has 0 radical (unpaired) electrons. The molecular formula is C15H18N2O. The molecule has 0 unspecified atom stereocenters. The van der Waals surface area contributed by atoms with Crippen LogP contribution in [-0.4, -0.2) is 15.6 Å². The van der Waals surface area contributed by atoms with Gasteiger partial charge in [0.25, 0.3) is 0 Å². The average molecular weight is 242 g/mol. The number of rotatable bonds is 4. The molecule has 3 heteroatoms. The number of nitrogens with zero attached hydrogens (tertiary/aromatic N) is 2. The third-order valence-corrected chi connectivity index (χ3v) is 2.99. The summed E-state index contributed by atoms with van der Waals surface area (Å²) in [5.41, 5.74) is 3.88. The first-order valence-electron chi connectivity index (χ1n) is 6.21. The monoisotopic (exact) mass is 242 g/mol. The minimum atomic E-state index is 0.144. The molecule has 2 rings (SSSR count). The highest BCUT2D eigenvalue weighted by molar-refractivity contribution is 5.98. The number of carbonyl (C=O) groups excluding carboxylic acids is 1. The van der Waals surface area contributed by atoms with Crippen molar-refractivity contribution in [2.75, 3.05) is 0 Å². The Morgan fingerprint density at radius 3 is 2.83 bits per heavy atom. The van der Waals surface area contributed by atoms with Crippen LogP contribution in [0.2, 0.25) is 0 Å². The highest BCUT2D eigenvalue weighted by Crippen LogP contribution is 2.13. The number of hydrogen-bond acceptors (Lipinski definition) is 2. The van der Waals surface area contributed by atoms with Crippen molar-refractivity contribution in [2.24, 2.45) is 7.05 Å². The van der Waals surface area contributed by atoms with Crippen LogP contribution in [0.4, 0.5) is 0 Å². The van der Waals surface area contributed by atoms with Gasteiger partial charge in [-0.25, -0.2) is 0 Å². The fourth-order valence-corrected chi connectivity index (χ4v) is 2.13. The number of aryl methyl sites for hydroxylation is 3. The van der Waals surface area contributed by atoms with E-state index in [-0.39, 0.29) is 5.78 Å². The summed E-state index contributed by atoms with van der Waals surface area (Å²) >= 11 is 0. The van der Waals surface area contributed by atoms with Crippen molar-refractivity contribution in [2.45, 2.75) is 26.7 Å². The molecule has 0 saturated carbocycles. The van der Waals surface area contributed by atoms with Crippen LogP contribution in [0.1, 0.15) is 34.1 Å². The van der Waals surface area contributed by atoms with Crippen molar-refractivity contribution in [3.8, 4) is 0 Å². The van der Waals surface area contributed by atoms with Crippen LogP contribution in [0.3, 0.4) is 0 Å². The van der Waals surface area contributed by atoms with E-state index in [2.05, 4.69) is 11.2 Å². The summed E-state index contributed by atoms with van der Waals surface area (Å²) in [7, 11) is 1.85. The molecule has 0 aliphatic carbocycles. The Hall–Kier alpha value is -1.90. The zero-order valence-electron chi connectivity index (χ0n) is 11.1. The van der Waals surface area contributed by atoms with E-state index in [0.717, 1.165) is 23.2 Å². The van der Waals surface area contributed by atoms with Gasteiger partial charge in [-0.2, -0.15) is 5.10 Å². The Morgan fingerprint density at radius 2 is 2.17 bits per heavy atom. The molecule has 0 N–H and O–H groups in total. The molecule has 0 aliphatic heterocycles. The minimum Gasteiger partial charge on any atom is -0.294 e. The number of benzene rings is 1. The van der Waals surface area contributed by atoms with E-state index in [0.29, 0.717) is 6.42 Å². The molecule has 1 aromatic carbocycles. The first kappa shape index (κ1) is 12.6. The molecule has 18 heavy (non-hydrogen) atoms. The Labute approximate surface area is 107 Å². The van der Waals surface area contributed by atoms with Crippen molar-refractivity contribution in [1.82, 2.24) is 9.78 Å². The maximum Gasteiger partial charge on any atom is 0.170 e. The number of carbonyl (C=O) groups is 1. The van der Waals surface area contributed by atoms with Gasteiger partial charge in [0.05, 0.1) is 11.3 Å². The lowest BCUT2D eigenvalue weighted by atomic mass is 10.0. The number of hydrogen-bond donors (Lipinski definition) is 0. The predicted molar refractivity (Wildman–Crippen MR) is 71.8 cm³/mol. The quantitative estimate of drug-likeness (QED) is 0.773. The van der Waals surface area contributed by atoms with Gasteiger partial charge in [-0.1, -0.05) is 36.8 Å². The second-order valence-electron chi connectivity index (χ2n) is 4.61. The molecule has 94 valence electrons. The molecule has 0 bridgehead atoms. The smallest absolute Gasteiger partial charge is 0.170 e. The predicted octanol–water partition coefficient (Wildman–Crippen LogP) is 2.72. The van der Waals surface area contributed by atoms with Gasteiger partial charge in [0, 0.05) is 19.7 Å². The molecule has 0 amide bonds. The number of ketones is 1. The maximum absolute atomic E-state index is 12.3. The lowest BCUT2D eigenvalue weighted by Crippen LogP contribution is -2.05. The topological polar surface area (TPSA) is 34.9 Å². The second kappa shape index (κ2) is 5.17. The fourth-order valence-electron chi connectivity index (χ4n) is 2.13. The fraction of sp³-hybridized carbons (Fsp3) is 0.333. The van der Waals surface area contributed by atoms with Crippen molar-refractivity contribution in [3.05, 3.63) is 52.8 Å². The van der Waals surface area contributed by atoms with Gasteiger partial charge in [0.15, 0.2) is 5.78 Å². The van der Waals surface area contributed by atoms with Gasteiger partial charge < -0.3 is 0 Å². The standard InChI is InChI=1S/C15H18N2O/c1-4-14-13(10-17(3)16-14)15(18)9-12-7-5-6-11(2)8-12/h5-8,10H,4,9H2,1-3H3. The van der Waals surface area contributed by atoms with Gasteiger partial charge in [0.2, 0.25) is 0 Å². The number of Topliss-reactive ketones (excluding diaryl/α,β-unsaturated/α-hetero) is 1. The lowest BCUT2D eigenvalue weighted by molar-refractivity contribution is 0.0992. The number of aromatic nitrogens is 2. The molecular weight excluding hydrogens is 224 g/mol. The van der Waals surface area contributed by atoms with Gasteiger partial charge in [-0.3, -0.25) is 9.48 Å². The molecule has 0 spiro atoms. The van der Waals surface area contributed by atoms with Gasteiger partial charge >= 0.3 is 0 Å². The minimum absolute atomic E-state index is 0.144. The van der Waals surface area contributed by atoms with Crippen LogP contribution in [0.15, 0.2) is 30.5 Å². The normalized spacial score (nSPS) is 10.6. The van der Waals surface area contributed by atoms with E-state index in [1.165, 1.54) is 5.56 Å². The Bertz CT molecular complexity index is 570. The highest BCUT2D eigenvalue weighted by Gasteiger charge is 2.14. The van der Waals surface area contributed by atoms with Crippen LogP contribution in [0, 0.1) is 6.92 Å². The Kier molecular flexibility index (Phi) is 3.60. The third-order valence-electron chi connectivity index (χ3n) is 2.99. The van der Waals surface area contributed by atoms with E-state index in [9.17, 15) is 4.79 Å². The molecule has 2 aromatic rings. The maximum atomic E-state index is 12.3. The van der Waals surface area contributed by atoms with E-state index in [1.54, 1.807) is 4.68 Å². The summed E-state index contributed by atoms with van der Waals surface area (Å²) in [6.07, 6.45) is 3.05. The Balaban J connectivity index is 2.21. The SMILES string of the molecule is CCc1nn(C)cc1C(=O)Cc1cccc(C)c1. The Morgan fingerprint density at radius 1 is 1.39 bits per heavy atom. The molecule has 0 fully saturated rings. The zero-order chi connectivity index (χ0) is 13.1. The van der Waals surface area contributed by atoms with Gasteiger partial charge in [0.1, 0.15) is 0 Å². The first-order chi connectivity index (χ1) is 8.60. The highest BCUT2D eigenvalue weighted by atomic mass is 16.1. The molecule has 0 atom stereocenters. The molecule has 0 saturated heterocycles. The van der Waals surface area contributed by atoms with E-state index in [4.69, 9.17) is 0 Å². The first-order valence-corrected chi connectivity index (χ1v) is 6.21.